The first-order valence-corrected chi connectivity index (χ1v) is 9.22. The number of hydrogen-bond donors (Lipinski definition) is 0. The average molecular weight is 345 g/mol. The monoisotopic (exact) mass is 345 g/mol. The van der Waals surface area contributed by atoms with E-state index >= 15 is 0 Å². The van der Waals surface area contributed by atoms with E-state index in [0.717, 1.165) is 36.6 Å². The number of aromatic nitrogens is 2. The highest BCUT2D eigenvalue weighted by Gasteiger charge is 2.27. The van der Waals surface area contributed by atoms with Crippen molar-refractivity contribution in [1.82, 2.24) is 14.9 Å². The number of thiazole rings is 1. The SMILES string of the molecule is CCOc1cc(C(=O)N2CCC[C@H](c3nc(C)c(C)s3)C2)ccn1. The molecule has 0 saturated carbocycles. The van der Waals surface area contributed by atoms with Gasteiger partial charge in [0.05, 0.1) is 17.3 Å². The molecule has 0 aromatic carbocycles. The van der Waals surface area contributed by atoms with E-state index in [-0.39, 0.29) is 5.91 Å². The first kappa shape index (κ1) is 16.9. The lowest BCUT2D eigenvalue weighted by atomic mass is 9.98. The van der Waals surface area contributed by atoms with Gasteiger partial charge in [0.1, 0.15) is 0 Å². The van der Waals surface area contributed by atoms with Crippen molar-refractivity contribution in [3.8, 4) is 5.88 Å². The predicted octanol–water partition coefficient (Wildman–Crippen LogP) is 3.57. The van der Waals surface area contributed by atoms with E-state index in [0.29, 0.717) is 24.0 Å². The minimum atomic E-state index is 0.0491. The summed E-state index contributed by atoms with van der Waals surface area (Å²) in [7, 11) is 0. The van der Waals surface area contributed by atoms with Crippen molar-refractivity contribution in [1.29, 1.82) is 0 Å². The van der Waals surface area contributed by atoms with Crippen LogP contribution in [0.4, 0.5) is 0 Å². The quantitative estimate of drug-likeness (QED) is 0.850. The van der Waals surface area contributed by atoms with Crippen LogP contribution in [0.3, 0.4) is 0 Å². The smallest absolute Gasteiger partial charge is 0.254 e. The fraction of sp³-hybridized carbons (Fsp3) is 0.500. The van der Waals surface area contributed by atoms with Gasteiger partial charge < -0.3 is 9.64 Å². The summed E-state index contributed by atoms with van der Waals surface area (Å²) in [5, 5.41) is 1.16. The molecule has 0 aliphatic carbocycles. The third kappa shape index (κ3) is 3.59. The molecule has 1 fully saturated rings. The summed E-state index contributed by atoms with van der Waals surface area (Å²) < 4.78 is 5.40. The molecule has 5 nitrogen and oxygen atoms in total. The summed E-state index contributed by atoms with van der Waals surface area (Å²) in [5.74, 6) is 0.893. The lowest BCUT2D eigenvalue weighted by Crippen LogP contribution is -2.39. The van der Waals surface area contributed by atoms with Gasteiger partial charge in [0.2, 0.25) is 5.88 Å². The number of nitrogens with zero attached hydrogens (tertiary/aromatic N) is 3. The number of ether oxygens (including phenoxy) is 1. The molecule has 0 unspecified atom stereocenters. The summed E-state index contributed by atoms with van der Waals surface area (Å²) in [6, 6.07) is 3.49. The maximum absolute atomic E-state index is 12.8. The number of rotatable bonds is 4. The molecule has 2 aromatic heterocycles. The topological polar surface area (TPSA) is 55.3 Å². The lowest BCUT2D eigenvalue weighted by molar-refractivity contribution is 0.0706. The Kier molecular flexibility index (Phi) is 5.14. The van der Waals surface area contributed by atoms with E-state index < -0.39 is 0 Å². The van der Waals surface area contributed by atoms with Gasteiger partial charge >= 0.3 is 0 Å². The molecule has 0 radical (unpaired) electrons. The van der Waals surface area contributed by atoms with Gasteiger partial charge in [-0.2, -0.15) is 0 Å². The molecule has 1 atom stereocenters. The Morgan fingerprint density at radius 3 is 3.00 bits per heavy atom. The molecular weight excluding hydrogens is 322 g/mol. The average Bonchev–Trinajstić information content (AvgIpc) is 2.94. The van der Waals surface area contributed by atoms with Crippen molar-refractivity contribution in [2.24, 2.45) is 0 Å². The van der Waals surface area contributed by atoms with E-state index in [1.165, 1.54) is 4.88 Å². The summed E-state index contributed by atoms with van der Waals surface area (Å²) in [5.41, 5.74) is 1.74. The first-order chi connectivity index (χ1) is 11.6. The Labute approximate surface area is 146 Å². The van der Waals surface area contributed by atoms with E-state index in [1.807, 2.05) is 18.7 Å². The molecule has 24 heavy (non-hydrogen) atoms. The first-order valence-electron chi connectivity index (χ1n) is 8.40. The number of carbonyl (C=O) groups excluding carboxylic acids is 1. The summed E-state index contributed by atoms with van der Waals surface area (Å²) in [6.07, 6.45) is 3.74. The standard InChI is InChI=1S/C18H23N3O2S/c1-4-23-16-10-14(7-8-19-16)18(22)21-9-5-6-15(11-21)17-20-12(2)13(3)24-17/h7-8,10,15H,4-6,9,11H2,1-3H3/t15-/m0/s1. The number of carbonyl (C=O) groups is 1. The van der Waals surface area contributed by atoms with Crippen molar-refractivity contribution in [3.05, 3.63) is 39.5 Å². The highest BCUT2D eigenvalue weighted by atomic mass is 32.1. The maximum atomic E-state index is 12.8. The van der Waals surface area contributed by atoms with Crippen molar-refractivity contribution in [2.45, 2.75) is 39.5 Å². The molecule has 1 amide bonds. The second kappa shape index (κ2) is 7.30. The van der Waals surface area contributed by atoms with Crippen LogP contribution in [0.1, 0.15) is 51.6 Å². The van der Waals surface area contributed by atoms with Crippen LogP contribution in [0.5, 0.6) is 5.88 Å². The summed E-state index contributed by atoms with van der Waals surface area (Å²) >= 11 is 1.76. The molecule has 1 saturated heterocycles. The minimum absolute atomic E-state index is 0.0491. The molecule has 0 spiro atoms. The Hall–Kier alpha value is -1.95. The van der Waals surface area contributed by atoms with E-state index in [2.05, 4.69) is 16.9 Å². The Morgan fingerprint density at radius 2 is 2.29 bits per heavy atom. The van der Waals surface area contributed by atoms with Crippen LogP contribution >= 0.6 is 11.3 Å². The number of likely N-dealkylation sites (tertiary alicyclic amines) is 1. The van der Waals surface area contributed by atoms with Gasteiger partial charge in [-0.05, 0) is 39.7 Å². The van der Waals surface area contributed by atoms with E-state index in [1.54, 1.807) is 29.7 Å². The molecule has 1 aliphatic rings. The van der Waals surface area contributed by atoms with E-state index in [4.69, 9.17) is 4.74 Å². The number of pyridine rings is 1. The molecule has 0 bridgehead atoms. The predicted molar refractivity (Wildman–Crippen MR) is 94.9 cm³/mol. The molecule has 128 valence electrons. The molecule has 0 N–H and O–H groups in total. The number of aryl methyl sites for hydroxylation is 2. The molecule has 3 rings (SSSR count). The van der Waals surface area contributed by atoms with Crippen LogP contribution in [0, 0.1) is 13.8 Å². The third-order valence-corrected chi connectivity index (χ3v) is 5.61. The van der Waals surface area contributed by atoms with Gasteiger partial charge in [-0.15, -0.1) is 11.3 Å². The fourth-order valence-electron chi connectivity index (χ4n) is 2.99. The zero-order valence-corrected chi connectivity index (χ0v) is 15.2. The van der Waals surface area contributed by atoms with Crippen LogP contribution in [0.25, 0.3) is 0 Å². The van der Waals surface area contributed by atoms with Crippen LogP contribution in [0.15, 0.2) is 18.3 Å². The third-order valence-electron chi connectivity index (χ3n) is 4.38. The van der Waals surface area contributed by atoms with Crippen molar-refractivity contribution >= 4 is 17.2 Å². The summed E-state index contributed by atoms with van der Waals surface area (Å²) in [4.78, 5) is 24.9. The van der Waals surface area contributed by atoms with Gasteiger partial charge in [-0.3, -0.25) is 4.79 Å². The molecular formula is C18H23N3O2S. The van der Waals surface area contributed by atoms with Gasteiger partial charge in [0.25, 0.3) is 5.91 Å². The highest BCUT2D eigenvalue weighted by molar-refractivity contribution is 7.11. The van der Waals surface area contributed by atoms with Crippen LogP contribution in [0.2, 0.25) is 0 Å². The Balaban J connectivity index is 1.74. The number of amides is 1. The molecule has 3 heterocycles. The molecule has 2 aromatic rings. The Bertz CT molecular complexity index is 709. The van der Waals surface area contributed by atoms with Crippen molar-refractivity contribution in [2.75, 3.05) is 19.7 Å². The van der Waals surface area contributed by atoms with Gasteiger partial charge in [-0.25, -0.2) is 9.97 Å². The van der Waals surface area contributed by atoms with E-state index in [9.17, 15) is 4.79 Å². The van der Waals surface area contributed by atoms with Gasteiger partial charge in [0.15, 0.2) is 0 Å². The van der Waals surface area contributed by atoms with Crippen LogP contribution < -0.4 is 4.74 Å². The second-order valence-electron chi connectivity index (χ2n) is 6.10. The zero-order valence-electron chi connectivity index (χ0n) is 14.4. The van der Waals surface area contributed by atoms with Gasteiger partial charge in [-0.1, -0.05) is 0 Å². The summed E-state index contributed by atoms with van der Waals surface area (Å²) in [6.45, 7) is 8.13. The molecule has 6 heteroatoms. The Morgan fingerprint density at radius 1 is 1.46 bits per heavy atom. The molecule has 1 aliphatic heterocycles. The fourth-order valence-corrected chi connectivity index (χ4v) is 4.04. The van der Waals surface area contributed by atoms with Crippen LogP contribution in [-0.4, -0.2) is 40.5 Å². The second-order valence-corrected chi connectivity index (χ2v) is 7.33. The lowest BCUT2D eigenvalue weighted by Gasteiger charge is -2.32. The van der Waals surface area contributed by atoms with Crippen LogP contribution in [-0.2, 0) is 0 Å². The largest absolute Gasteiger partial charge is 0.478 e. The highest BCUT2D eigenvalue weighted by Crippen LogP contribution is 2.31. The van der Waals surface area contributed by atoms with Gasteiger partial charge in [0, 0.05) is 41.7 Å². The number of piperidine rings is 1. The zero-order chi connectivity index (χ0) is 17.1. The number of hydrogen-bond acceptors (Lipinski definition) is 5. The minimum Gasteiger partial charge on any atom is -0.478 e. The van der Waals surface area contributed by atoms with Crippen molar-refractivity contribution < 1.29 is 9.53 Å². The maximum Gasteiger partial charge on any atom is 0.254 e. The normalized spacial score (nSPS) is 17.8. The van der Waals surface area contributed by atoms with Crippen molar-refractivity contribution in [3.63, 3.8) is 0 Å².